The van der Waals surface area contributed by atoms with Crippen molar-refractivity contribution in [1.29, 1.82) is 0 Å². The largest absolute Gasteiger partial charge is 0.396 e. The van der Waals surface area contributed by atoms with Crippen LogP contribution < -0.4 is 5.32 Å². The summed E-state index contributed by atoms with van der Waals surface area (Å²) in [6.07, 6.45) is 0.665. The number of hydrogen-bond donors (Lipinski definition) is 2. The lowest BCUT2D eigenvalue weighted by Crippen LogP contribution is -2.46. The summed E-state index contributed by atoms with van der Waals surface area (Å²) in [7, 11) is 1.70. The molecule has 134 valence electrons. The molecule has 0 aliphatic rings. The van der Waals surface area contributed by atoms with E-state index in [0.29, 0.717) is 13.0 Å². The zero-order valence-electron chi connectivity index (χ0n) is 15.4. The Morgan fingerprint density at radius 1 is 1.12 bits per heavy atom. The normalized spacial score (nSPS) is 14.2. The highest BCUT2D eigenvalue weighted by Gasteiger charge is 2.23. The first-order valence-electron chi connectivity index (χ1n) is 8.96. The average molecular weight is 340 g/mol. The van der Waals surface area contributed by atoms with Crippen LogP contribution in [0.25, 0.3) is 21.8 Å². The first-order chi connectivity index (χ1) is 12.1. The van der Waals surface area contributed by atoms with Crippen molar-refractivity contribution < 1.29 is 9.84 Å². The van der Waals surface area contributed by atoms with Gasteiger partial charge in [-0.25, -0.2) is 0 Å². The molecular formula is C21H28N2O2. The summed E-state index contributed by atoms with van der Waals surface area (Å²) in [6, 6.07) is 15.3. The van der Waals surface area contributed by atoms with Crippen molar-refractivity contribution in [2.45, 2.75) is 38.9 Å². The maximum atomic E-state index is 9.32. The Morgan fingerprint density at radius 3 is 2.60 bits per heavy atom. The van der Waals surface area contributed by atoms with E-state index in [1.54, 1.807) is 7.11 Å². The third-order valence-electron chi connectivity index (χ3n) is 5.00. The number of aliphatic hydroxyl groups is 1. The molecule has 3 aromatic rings. The molecule has 3 rings (SSSR count). The van der Waals surface area contributed by atoms with E-state index < -0.39 is 0 Å². The molecule has 2 aromatic carbocycles. The molecule has 0 aliphatic heterocycles. The summed E-state index contributed by atoms with van der Waals surface area (Å²) in [5.41, 5.74) is 3.58. The first-order valence-corrected chi connectivity index (χ1v) is 8.96. The number of aryl methyl sites for hydroxylation is 1. The Kier molecular flexibility index (Phi) is 5.42. The van der Waals surface area contributed by atoms with E-state index in [9.17, 15) is 5.11 Å². The number of nitrogens with one attached hydrogen (secondary N) is 1. The number of para-hydroxylation sites is 1. The predicted molar refractivity (Wildman–Crippen MR) is 104 cm³/mol. The second-order valence-electron chi connectivity index (χ2n) is 6.93. The van der Waals surface area contributed by atoms with E-state index in [0.717, 1.165) is 13.1 Å². The lowest BCUT2D eigenvalue weighted by atomic mass is 9.98. The van der Waals surface area contributed by atoms with Gasteiger partial charge in [-0.15, -0.1) is 0 Å². The number of benzene rings is 2. The fourth-order valence-electron chi connectivity index (χ4n) is 3.64. The standard InChI is InChI=1S/C21H28N2O2/c1-4-23-19-8-6-5-7-17(19)18-13-16(9-10-20(18)23)14-22-21(2,11-12-24)15-25-3/h5-10,13,22,24H,4,11-12,14-15H2,1-3H3. The van der Waals surface area contributed by atoms with Crippen molar-refractivity contribution in [1.82, 2.24) is 9.88 Å². The summed E-state index contributed by atoms with van der Waals surface area (Å²) in [6.45, 7) is 6.72. The fraction of sp³-hybridized carbons (Fsp3) is 0.429. The molecule has 0 amide bonds. The SMILES string of the molecule is CCn1c2ccccc2c2cc(CNC(C)(CCO)COC)ccc21. The van der Waals surface area contributed by atoms with Crippen LogP contribution in [0.2, 0.25) is 0 Å². The van der Waals surface area contributed by atoms with Gasteiger partial charge in [0.05, 0.1) is 6.61 Å². The molecule has 0 saturated carbocycles. The number of nitrogens with zero attached hydrogens (tertiary/aromatic N) is 1. The van der Waals surface area contributed by atoms with Crippen molar-refractivity contribution in [3.63, 3.8) is 0 Å². The third-order valence-corrected chi connectivity index (χ3v) is 5.00. The Balaban J connectivity index is 1.92. The van der Waals surface area contributed by atoms with E-state index >= 15 is 0 Å². The van der Waals surface area contributed by atoms with Crippen LogP contribution >= 0.6 is 0 Å². The molecule has 4 heteroatoms. The smallest absolute Gasteiger partial charge is 0.0642 e. The third kappa shape index (κ3) is 3.56. The number of methoxy groups -OCH3 is 1. The number of aliphatic hydroxyl groups excluding tert-OH is 1. The van der Waals surface area contributed by atoms with Crippen LogP contribution in [0, 0.1) is 0 Å². The number of aromatic nitrogens is 1. The van der Waals surface area contributed by atoms with Gasteiger partial charge in [-0.05, 0) is 44.0 Å². The molecule has 1 aromatic heterocycles. The summed E-state index contributed by atoms with van der Waals surface area (Å²) in [5.74, 6) is 0. The van der Waals surface area contributed by atoms with Gasteiger partial charge in [-0.2, -0.15) is 0 Å². The van der Waals surface area contributed by atoms with E-state index in [1.807, 2.05) is 0 Å². The molecule has 0 bridgehead atoms. The highest BCUT2D eigenvalue weighted by Crippen LogP contribution is 2.29. The van der Waals surface area contributed by atoms with Crippen LogP contribution in [0.3, 0.4) is 0 Å². The van der Waals surface area contributed by atoms with Crippen molar-refractivity contribution in [2.24, 2.45) is 0 Å². The summed E-state index contributed by atoms with van der Waals surface area (Å²) >= 11 is 0. The lowest BCUT2D eigenvalue weighted by Gasteiger charge is -2.29. The summed E-state index contributed by atoms with van der Waals surface area (Å²) in [5, 5.41) is 15.5. The molecule has 1 atom stereocenters. The van der Waals surface area contributed by atoms with Gasteiger partial charge in [0.15, 0.2) is 0 Å². The monoisotopic (exact) mass is 340 g/mol. The zero-order chi connectivity index (χ0) is 17.9. The van der Waals surface area contributed by atoms with Crippen molar-refractivity contribution in [3.05, 3.63) is 48.0 Å². The average Bonchev–Trinajstić information content (AvgIpc) is 2.93. The van der Waals surface area contributed by atoms with Gasteiger partial charge in [0.2, 0.25) is 0 Å². The van der Waals surface area contributed by atoms with Crippen LogP contribution in [-0.4, -0.2) is 35.5 Å². The molecule has 0 spiro atoms. The van der Waals surface area contributed by atoms with Gasteiger partial charge in [0.25, 0.3) is 0 Å². The molecule has 0 saturated heterocycles. The van der Waals surface area contributed by atoms with E-state index in [2.05, 4.69) is 66.2 Å². The van der Waals surface area contributed by atoms with E-state index in [1.165, 1.54) is 27.4 Å². The number of rotatable bonds is 8. The minimum absolute atomic E-state index is 0.149. The highest BCUT2D eigenvalue weighted by molar-refractivity contribution is 6.08. The molecule has 4 nitrogen and oxygen atoms in total. The second kappa shape index (κ2) is 7.56. The number of hydrogen-bond acceptors (Lipinski definition) is 3. The maximum Gasteiger partial charge on any atom is 0.0642 e. The Labute approximate surface area is 149 Å². The highest BCUT2D eigenvalue weighted by atomic mass is 16.5. The lowest BCUT2D eigenvalue weighted by molar-refractivity contribution is 0.0970. The van der Waals surface area contributed by atoms with Crippen molar-refractivity contribution in [2.75, 3.05) is 20.3 Å². The van der Waals surface area contributed by atoms with Crippen LogP contribution in [0.5, 0.6) is 0 Å². The van der Waals surface area contributed by atoms with Gasteiger partial charge < -0.3 is 19.7 Å². The molecule has 25 heavy (non-hydrogen) atoms. The second-order valence-corrected chi connectivity index (χ2v) is 6.93. The molecule has 1 unspecified atom stereocenters. The van der Waals surface area contributed by atoms with Crippen LogP contribution in [0.1, 0.15) is 25.8 Å². The van der Waals surface area contributed by atoms with E-state index in [4.69, 9.17) is 4.74 Å². The fourth-order valence-corrected chi connectivity index (χ4v) is 3.64. The predicted octanol–water partition coefficient (Wildman–Crippen LogP) is 3.69. The Bertz CT molecular complexity index is 848. The molecule has 0 radical (unpaired) electrons. The minimum atomic E-state index is -0.226. The summed E-state index contributed by atoms with van der Waals surface area (Å²) < 4.78 is 7.68. The van der Waals surface area contributed by atoms with E-state index in [-0.39, 0.29) is 12.1 Å². The number of fused-ring (bicyclic) bond motifs is 3. The van der Waals surface area contributed by atoms with Gasteiger partial charge in [-0.1, -0.05) is 24.3 Å². The van der Waals surface area contributed by atoms with Crippen molar-refractivity contribution in [3.8, 4) is 0 Å². The Morgan fingerprint density at radius 2 is 1.88 bits per heavy atom. The molecule has 0 fully saturated rings. The van der Waals surface area contributed by atoms with Crippen LogP contribution in [-0.2, 0) is 17.8 Å². The molecular weight excluding hydrogens is 312 g/mol. The molecule has 2 N–H and O–H groups in total. The minimum Gasteiger partial charge on any atom is -0.396 e. The quantitative estimate of drug-likeness (QED) is 0.657. The number of ether oxygens (including phenoxy) is 1. The summed E-state index contributed by atoms with van der Waals surface area (Å²) in [4.78, 5) is 0. The first kappa shape index (κ1) is 17.9. The molecule has 0 aliphatic carbocycles. The topological polar surface area (TPSA) is 46.4 Å². The van der Waals surface area contributed by atoms with Crippen molar-refractivity contribution >= 4 is 21.8 Å². The van der Waals surface area contributed by atoms with Gasteiger partial charge in [0, 0.05) is 54.2 Å². The van der Waals surface area contributed by atoms with Gasteiger partial charge in [-0.3, -0.25) is 0 Å². The molecule has 1 heterocycles. The van der Waals surface area contributed by atoms with Gasteiger partial charge in [0.1, 0.15) is 0 Å². The van der Waals surface area contributed by atoms with Crippen LogP contribution in [0.4, 0.5) is 0 Å². The van der Waals surface area contributed by atoms with Gasteiger partial charge >= 0.3 is 0 Å². The van der Waals surface area contributed by atoms with Crippen LogP contribution in [0.15, 0.2) is 42.5 Å². The Hall–Kier alpha value is -1.88. The maximum absolute atomic E-state index is 9.32. The zero-order valence-corrected chi connectivity index (χ0v) is 15.4.